The first-order valence-corrected chi connectivity index (χ1v) is 5.87. The summed E-state index contributed by atoms with van der Waals surface area (Å²) >= 11 is 0. The fraction of sp³-hybridized carbons (Fsp3) is 0.857. The minimum Gasteiger partial charge on any atom is -0.446 e. The number of aliphatic hydroxyl groups excluding tert-OH is 1. The van der Waals surface area contributed by atoms with E-state index in [1.165, 1.54) is 6.92 Å². The van der Waals surface area contributed by atoms with Crippen LogP contribution in [-0.4, -0.2) is 38.4 Å². The van der Waals surface area contributed by atoms with Crippen molar-refractivity contribution in [3.8, 4) is 0 Å². The van der Waals surface area contributed by atoms with Gasteiger partial charge in [0, 0.05) is 6.54 Å². The van der Waals surface area contributed by atoms with Crippen LogP contribution in [0, 0.1) is 0 Å². The van der Waals surface area contributed by atoms with E-state index in [-0.39, 0.29) is 6.54 Å². The molecule has 0 aliphatic heterocycles. The van der Waals surface area contributed by atoms with Crippen LogP contribution in [0.25, 0.3) is 0 Å². The van der Waals surface area contributed by atoms with E-state index in [4.69, 9.17) is 5.11 Å². The van der Waals surface area contributed by atoms with Crippen LogP contribution < -0.4 is 9.44 Å². The molecule has 0 saturated heterocycles. The lowest BCUT2D eigenvalue weighted by atomic mass is 10.4. The second-order valence-electron chi connectivity index (χ2n) is 3.26. The molecule has 0 aromatic heterocycles. The van der Waals surface area contributed by atoms with Crippen molar-refractivity contribution in [2.75, 3.05) is 6.54 Å². The molecule has 90 valence electrons. The van der Waals surface area contributed by atoms with Gasteiger partial charge in [-0.25, -0.2) is 9.52 Å². The number of ether oxygens (including phenoxy) is 1. The summed E-state index contributed by atoms with van der Waals surface area (Å²) < 4.78 is 30.4. The second-order valence-corrected chi connectivity index (χ2v) is 4.76. The molecule has 8 heteroatoms. The van der Waals surface area contributed by atoms with Gasteiger partial charge in [-0.3, -0.25) is 0 Å². The van der Waals surface area contributed by atoms with E-state index in [1.807, 2.05) is 4.72 Å². The average Bonchev–Trinajstić information content (AvgIpc) is 1.98. The van der Waals surface area contributed by atoms with Crippen LogP contribution in [0.1, 0.15) is 20.8 Å². The molecule has 15 heavy (non-hydrogen) atoms. The highest BCUT2D eigenvalue weighted by Gasteiger charge is 2.16. The number of nitrogens with one attached hydrogen (secondary N) is 2. The zero-order valence-corrected chi connectivity index (χ0v) is 9.67. The monoisotopic (exact) mass is 240 g/mol. The van der Waals surface area contributed by atoms with Crippen molar-refractivity contribution in [3.63, 3.8) is 0 Å². The van der Waals surface area contributed by atoms with Crippen LogP contribution in [0.15, 0.2) is 0 Å². The molecule has 0 radical (unpaired) electrons. The Balaban J connectivity index is 4.09. The highest BCUT2D eigenvalue weighted by molar-refractivity contribution is 7.88. The summed E-state index contributed by atoms with van der Waals surface area (Å²) in [6.45, 7) is 4.42. The third-order valence-electron chi connectivity index (χ3n) is 1.13. The summed E-state index contributed by atoms with van der Waals surface area (Å²) in [6.07, 6.45) is -2.29. The molecule has 0 saturated carbocycles. The maximum Gasteiger partial charge on any atom is 0.422 e. The molecule has 0 fully saturated rings. The van der Waals surface area contributed by atoms with E-state index in [1.54, 1.807) is 18.6 Å². The summed E-state index contributed by atoms with van der Waals surface area (Å²) in [7, 11) is -3.96. The van der Waals surface area contributed by atoms with Crippen molar-refractivity contribution in [1.29, 1.82) is 0 Å². The molecule has 0 aliphatic rings. The molecule has 1 atom stereocenters. The van der Waals surface area contributed by atoms with Crippen LogP contribution in [0.2, 0.25) is 0 Å². The Morgan fingerprint density at radius 1 is 1.40 bits per heavy atom. The Morgan fingerprint density at radius 2 is 1.93 bits per heavy atom. The van der Waals surface area contributed by atoms with Gasteiger partial charge in [-0.05, 0) is 20.8 Å². The molecule has 1 amide bonds. The van der Waals surface area contributed by atoms with E-state index in [9.17, 15) is 13.2 Å². The lowest BCUT2D eigenvalue weighted by molar-refractivity contribution is 0.121. The molecular formula is C7H16N2O5S. The molecule has 3 N–H and O–H groups in total. The quantitative estimate of drug-likeness (QED) is 0.591. The fourth-order valence-corrected chi connectivity index (χ4v) is 1.41. The first-order chi connectivity index (χ1) is 6.73. The normalized spacial score (nSPS) is 13.7. The van der Waals surface area contributed by atoms with Gasteiger partial charge in [-0.2, -0.15) is 13.1 Å². The van der Waals surface area contributed by atoms with Gasteiger partial charge in [0.25, 0.3) is 0 Å². The lowest BCUT2D eigenvalue weighted by Gasteiger charge is -2.11. The Labute approximate surface area is 89.0 Å². The summed E-state index contributed by atoms with van der Waals surface area (Å²) in [5, 5.41) is 8.82. The number of carbonyl (C=O) groups excluding carboxylic acids is 1. The van der Waals surface area contributed by atoms with Crippen molar-refractivity contribution in [2.24, 2.45) is 0 Å². The molecule has 0 heterocycles. The topological polar surface area (TPSA) is 105 Å². The Morgan fingerprint density at radius 3 is 2.33 bits per heavy atom. The standard InChI is InChI=1S/C7H16N2O5S/c1-5(2)14-7(11)9-15(12,13)8-4-6(3)10/h5-6,8,10H,4H2,1-3H3,(H,9,11)/t6-/m0/s1. The van der Waals surface area contributed by atoms with Gasteiger partial charge in [-0.15, -0.1) is 0 Å². The summed E-state index contributed by atoms with van der Waals surface area (Å²) in [5.41, 5.74) is 0. The highest BCUT2D eigenvalue weighted by Crippen LogP contribution is 1.90. The Kier molecular flexibility index (Phi) is 5.55. The van der Waals surface area contributed by atoms with Gasteiger partial charge in [0.2, 0.25) is 0 Å². The number of hydrogen-bond donors (Lipinski definition) is 3. The summed E-state index contributed by atoms with van der Waals surface area (Å²) in [4.78, 5) is 10.9. The van der Waals surface area contributed by atoms with Crippen LogP contribution in [0.3, 0.4) is 0 Å². The van der Waals surface area contributed by atoms with Gasteiger partial charge in [0.05, 0.1) is 12.2 Å². The SMILES string of the molecule is CC(C)OC(=O)NS(=O)(=O)NC[C@H](C)O. The van der Waals surface area contributed by atoms with E-state index >= 15 is 0 Å². The maximum atomic E-state index is 11.1. The Hall–Kier alpha value is -0.860. The third-order valence-corrected chi connectivity index (χ3v) is 2.11. The maximum absolute atomic E-state index is 11.1. The number of carbonyl (C=O) groups is 1. The van der Waals surface area contributed by atoms with Crippen molar-refractivity contribution < 1.29 is 23.1 Å². The predicted octanol–water partition coefficient (Wildman–Crippen LogP) is -0.664. The molecule has 0 aromatic rings. The van der Waals surface area contributed by atoms with Gasteiger partial charge in [0.15, 0.2) is 0 Å². The molecule has 0 rings (SSSR count). The molecule has 0 aliphatic carbocycles. The van der Waals surface area contributed by atoms with Crippen molar-refractivity contribution in [1.82, 2.24) is 9.44 Å². The van der Waals surface area contributed by atoms with E-state index in [0.717, 1.165) is 0 Å². The van der Waals surface area contributed by atoms with Gasteiger partial charge < -0.3 is 9.84 Å². The van der Waals surface area contributed by atoms with Gasteiger partial charge in [-0.1, -0.05) is 0 Å². The van der Waals surface area contributed by atoms with Crippen molar-refractivity contribution in [3.05, 3.63) is 0 Å². The molecule has 0 spiro atoms. The largest absolute Gasteiger partial charge is 0.446 e. The van der Waals surface area contributed by atoms with Crippen LogP contribution in [0.4, 0.5) is 4.79 Å². The number of aliphatic hydroxyl groups is 1. The van der Waals surface area contributed by atoms with E-state index in [0.29, 0.717) is 0 Å². The van der Waals surface area contributed by atoms with Gasteiger partial charge in [0.1, 0.15) is 0 Å². The number of rotatable bonds is 5. The zero-order valence-electron chi connectivity index (χ0n) is 8.85. The van der Waals surface area contributed by atoms with Crippen molar-refractivity contribution >= 4 is 16.3 Å². The van der Waals surface area contributed by atoms with Crippen LogP contribution in [0.5, 0.6) is 0 Å². The van der Waals surface area contributed by atoms with Crippen LogP contribution in [-0.2, 0) is 14.9 Å². The molecule has 0 aromatic carbocycles. The first-order valence-electron chi connectivity index (χ1n) is 4.39. The van der Waals surface area contributed by atoms with E-state index < -0.39 is 28.5 Å². The number of hydrogen-bond acceptors (Lipinski definition) is 5. The predicted molar refractivity (Wildman–Crippen MR) is 53.4 cm³/mol. The lowest BCUT2D eigenvalue weighted by Crippen LogP contribution is -2.43. The fourth-order valence-electron chi connectivity index (χ4n) is 0.614. The first kappa shape index (κ1) is 14.1. The molecule has 0 bridgehead atoms. The molecule has 7 nitrogen and oxygen atoms in total. The van der Waals surface area contributed by atoms with Gasteiger partial charge >= 0.3 is 16.3 Å². The summed E-state index contributed by atoms with van der Waals surface area (Å²) in [6, 6.07) is 0. The van der Waals surface area contributed by atoms with E-state index in [2.05, 4.69) is 4.74 Å². The minimum atomic E-state index is -3.96. The third kappa shape index (κ3) is 8.16. The minimum absolute atomic E-state index is 0.176. The highest BCUT2D eigenvalue weighted by atomic mass is 32.2. The average molecular weight is 240 g/mol. The number of amides is 1. The Bertz CT molecular complexity index is 299. The zero-order chi connectivity index (χ0) is 12.1. The molecular weight excluding hydrogens is 224 g/mol. The summed E-state index contributed by atoms with van der Waals surface area (Å²) in [5.74, 6) is 0. The van der Waals surface area contributed by atoms with Crippen molar-refractivity contribution in [2.45, 2.75) is 33.0 Å². The van der Waals surface area contributed by atoms with Crippen LogP contribution >= 0.6 is 0 Å². The molecule has 0 unspecified atom stereocenters. The smallest absolute Gasteiger partial charge is 0.422 e. The second kappa shape index (κ2) is 5.89.